The molecular formula is C18H30F3N5. The quantitative estimate of drug-likeness (QED) is 0.436. The minimum Gasteiger partial charge on any atom is -0.357 e. The van der Waals surface area contributed by atoms with E-state index in [1.807, 2.05) is 20.0 Å². The standard InChI is InChI=1S/C18H30F3N5/c1-3-22-17(24-10-4-5-12-26-13-11-23-14(26)2)25-16-8-6-15(7-9-16)18(19,20)21/h11,13,15-16H,3-10,12H2,1-2H3,(H2,22,24,25). The summed E-state index contributed by atoms with van der Waals surface area (Å²) >= 11 is 0. The van der Waals surface area contributed by atoms with Crippen LogP contribution in [0.2, 0.25) is 0 Å². The van der Waals surface area contributed by atoms with Crippen LogP contribution in [0.15, 0.2) is 17.4 Å². The lowest BCUT2D eigenvalue weighted by molar-refractivity contribution is -0.182. The Kier molecular flexibility index (Phi) is 7.78. The summed E-state index contributed by atoms with van der Waals surface area (Å²) in [6.07, 6.45) is 3.15. The fourth-order valence-electron chi connectivity index (χ4n) is 3.30. The molecule has 2 rings (SSSR count). The molecule has 0 bridgehead atoms. The van der Waals surface area contributed by atoms with E-state index in [-0.39, 0.29) is 18.9 Å². The van der Waals surface area contributed by atoms with E-state index in [1.54, 1.807) is 6.20 Å². The first kappa shape index (κ1) is 20.6. The van der Waals surface area contributed by atoms with Crippen molar-refractivity contribution in [2.75, 3.05) is 13.1 Å². The maximum atomic E-state index is 12.8. The number of hydrogen-bond donors (Lipinski definition) is 2. The number of aromatic nitrogens is 2. The van der Waals surface area contributed by atoms with E-state index >= 15 is 0 Å². The number of alkyl halides is 3. The molecule has 1 aliphatic carbocycles. The van der Waals surface area contributed by atoms with Crippen molar-refractivity contribution in [2.45, 2.75) is 71.1 Å². The molecule has 0 aromatic carbocycles. The molecule has 1 heterocycles. The number of aryl methyl sites for hydroxylation is 2. The molecule has 0 saturated heterocycles. The summed E-state index contributed by atoms with van der Waals surface area (Å²) in [7, 11) is 0. The van der Waals surface area contributed by atoms with Gasteiger partial charge in [0.2, 0.25) is 0 Å². The Morgan fingerprint density at radius 2 is 2.00 bits per heavy atom. The average Bonchev–Trinajstić information content (AvgIpc) is 2.99. The van der Waals surface area contributed by atoms with Gasteiger partial charge in [0.25, 0.3) is 0 Å². The molecule has 0 spiro atoms. The van der Waals surface area contributed by atoms with Crippen LogP contribution < -0.4 is 10.6 Å². The Balaban J connectivity index is 1.72. The van der Waals surface area contributed by atoms with Crippen LogP contribution in [0.3, 0.4) is 0 Å². The normalized spacial score (nSPS) is 21.7. The molecule has 1 saturated carbocycles. The van der Waals surface area contributed by atoms with Gasteiger partial charge in [0.05, 0.1) is 5.92 Å². The molecule has 1 fully saturated rings. The first-order valence-electron chi connectivity index (χ1n) is 9.49. The van der Waals surface area contributed by atoms with Gasteiger partial charge in [-0.3, -0.25) is 4.99 Å². The average molecular weight is 373 g/mol. The summed E-state index contributed by atoms with van der Waals surface area (Å²) in [5.41, 5.74) is 0. The van der Waals surface area contributed by atoms with Gasteiger partial charge < -0.3 is 15.2 Å². The highest BCUT2D eigenvalue weighted by Crippen LogP contribution is 2.37. The number of imidazole rings is 1. The van der Waals surface area contributed by atoms with Crippen LogP contribution in [0.1, 0.15) is 51.3 Å². The molecule has 0 atom stereocenters. The molecule has 5 nitrogen and oxygen atoms in total. The molecule has 1 aliphatic rings. The number of nitrogens with zero attached hydrogens (tertiary/aromatic N) is 3. The van der Waals surface area contributed by atoms with Crippen molar-refractivity contribution < 1.29 is 13.2 Å². The number of guanidine groups is 1. The lowest BCUT2D eigenvalue weighted by Gasteiger charge is -2.31. The molecular weight excluding hydrogens is 343 g/mol. The van der Waals surface area contributed by atoms with E-state index < -0.39 is 12.1 Å². The highest BCUT2D eigenvalue weighted by Gasteiger charge is 2.41. The van der Waals surface area contributed by atoms with Gasteiger partial charge >= 0.3 is 6.18 Å². The van der Waals surface area contributed by atoms with Gasteiger partial charge in [-0.25, -0.2) is 4.98 Å². The van der Waals surface area contributed by atoms with Crippen molar-refractivity contribution in [3.63, 3.8) is 0 Å². The van der Waals surface area contributed by atoms with Gasteiger partial charge in [-0.05, 0) is 52.4 Å². The zero-order valence-corrected chi connectivity index (χ0v) is 15.6. The third-order valence-corrected chi connectivity index (χ3v) is 4.88. The molecule has 1 aromatic heterocycles. The summed E-state index contributed by atoms with van der Waals surface area (Å²) < 4.78 is 40.4. The molecule has 8 heteroatoms. The number of nitrogens with one attached hydrogen (secondary N) is 2. The summed E-state index contributed by atoms with van der Waals surface area (Å²) in [6.45, 7) is 6.32. The molecule has 0 aliphatic heterocycles. The lowest BCUT2D eigenvalue weighted by Crippen LogP contribution is -2.45. The Labute approximate surface area is 153 Å². The summed E-state index contributed by atoms with van der Waals surface area (Å²) in [5, 5.41) is 6.49. The van der Waals surface area contributed by atoms with Crippen molar-refractivity contribution in [3.8, 4) is 0 Å². The maximum absolute atomic E-state index is 12.8. The first-order chi connectivity index (χ1) is 12.4. The highest BCUT2D eigenvalue weighted by atomic mass is 19.4. The van der Waals surface area contributed by atoms with Crippen LogP contribution in [-0.2, 0) is 6.54 Å². The van der Waals surface area contributed by atoms with E-state index in [9.17, 15) is 13.2 Å². The second-order valence-corrected chi connectivity index (χ2v) is 6.87. The van der Waals surface area contributed by atoms with Crippen LogP contribution in [0, 0.1) is 12.8 Å². The molecule has 2 N–H and O–H groups in total. The minimum atomic E-state index is -4.06. The zero-order chi connectivity index (χ0) is 19.0. The Bertz CT molecular complexity index is 559. The fourth-order valence-corrected chi connectivity index (χ4v) is 3.30. The molecule has 0 unspecified atom stereocenters. The van der Waals surface area contributed by atoms with E-state index in [4.69, 9.17) is 0 Å². The van der Waals surface area contributed by atoms with Crippen molar-refractivity contribution in [1.29, 1.82) is 0 Å². The largest absolute Gasteiger partial charge is 0.391 e. The van der Waals surface area contributed by atoms with Gasteiger partial charge in [-0.2, -0.15) is 13.2 Å². The first-order valence-corrected chi connectivity index (χ1v) is 9.49. The van der Waals surface area contributed by atoms with Gasteiger partial charge in [0.15, 0.2) is 5.96 Å². The van der Waals surface area contributed by atoms with E-state index in [1.165, 1.54) is 0 Å². The SMILES string of the molecule is CCNC(=NCCCCn1ccnc1C)NC1CCC(C(F)(F)F)CC1. The number of halogens is 3. The van der Waals surface area contributed by atoms with Crippen LogP contribution in [-0.4, -0.2) is 40.8 Å². The molecule has 148 valence electrons. The van der Waals surface area contributed by atoms with Crippen LogP contribution in [0.4, 0.5) is 13.2 Å². The summed E-state index contributed by atoms with van der Waals surface area (Å²) in [5.74, 6) is 0.575. The van der Waals surface area contributed by atoms with Gasteiger partial charge in [0.1, 0.15) is 5.82 Å². The number of aliphatic imine (C=N–C) groups is 1. The van der Waals surface area contributed by atoms with Crippen molar-refractivity contribution in [3.05, 3.63) is 18.2 Å². The highest BCUT2D eigenvalue weighted by molar-refractivity contribution is 5.80. The van der Waals surface area contributed by atoms with E-state index in [2.05, 4.69) is 25.2 Å². The minimum absolute atomic E-state index is 0.0694. The molecule has 0 radical (unpaired) electrons. The smallest absolute Gasteiger partial charge is 0.357 e. The Morgan fingerprint density at radius 1 is 1.27 bits per heavy atom. The number of hydrogen-bond acceptors (Lipinski definition) is 2. The molecule has 26 heavy (non-hydrogen) atoms. The third kappa shape index (κ3) is 6.53. The summed E-state index contributed by atoms with van der Waals surface area (Å²) in [4.78, 5) is 8.76. The zero-order valence-electron chi connectivity index (χ0n) is 15.6. The monoisotopic (exact) mass is 373 g/mol. The predicted molar refractivity (Wildman–Crippen MR) is 97.1 cm³/mol. The van der Waals surface area contributed by atoms with Gasteiger partial charge in [-0.1, -0.05) is 0 Å². The van der Waals surface area contributed by atoms with Crippen molar-refractivity contribution in [2.24, 2.45) is 10.9 Å². The van der Waals surface area contributed by atoms with Crippen LogP contribution >= 0.6 is 0 Å². The van der Waals surface area contributed by atoms with E-state index in [0.29, 0.717) is 25.3 Å². The third-order valence-electron chi connectivity index (χ3n) is 4.88. The second kappa shape index (κ2) is 9.83. The van der Waals surface area contributed by atoms with Gasteiger partial charge in [0, 0.05) is 38.1 Å². The molecule has 0 amide bonds. The van der Waals surface area contributed by atoms with Crippen molar-refractivity contribution in [1.82, 2.24) is 20.2 Å². The van der Waals surface area contributed by atoms with Crippen LogP contribution in [0.5, 0.6) is 0 Å². The Morgan fingerprint density at radius 3 is 2.58 bits per heavy atom. The topological polar surface area (TPSA) is 54.2 Å². The van der Waals surface area contributed by atoms with Gasteiger partial charge in [-0.15, -0.1) is 0 Å². The number of unbranched alkanes of at least 4 members (excludes halogenated alkanes) is 1. The van der Waals surface area contributed by atoms with E-state index in [0.717, 1.165) is 31.8 Å². The number of rotatable bonds is 7. The van der Waals surface area contributed by atoms with Crippen molar-refractivity contribution >= 4 is 5.96 Å². The summed E-state index contributed by atoms with van der Waals surface area (Å²) in [6, 6.07) is 0.0694. The predicted octanol–water partition coefficient (Wildman–Crippen LogP) is 3.65. The lowest BCUT2D eigenvalue weighted by atomic mass is 9.85. The fraction of sp³-hybridized carbons (Fsp3) is 0.778. The second-order valence-electron chi connectivity index (χ2n) is 6.87. The Hall–Kier alpha value is -1.73. The molecule has 1 aromatic rings. The maximum Gasteiger partial charge on any atom is 0.391 e. The van der Waals surface area contributed by atoms with Crippen LogP contribution in [0.25, 0.3) is 0 Å².